The van der Waals surface area contributed by atoms with Crippen molar-refractivity contribution < 1.29 is 19.1 Å². The molecule has 1 aliphatic rings. The summed E-state index contributed by atoms with van der Waals surface area (Å²) in [7, 11) is 0. The Kier molecular flexibility index (Phi) is 5.91. The van der Waals surface area contributed by atoms with Gasteiger partial charge in [0.05, 0.1) is 22.6 Å². The second kappa shape index (κ2) is 9.40. The Morgan fingerprint density at radius 1 is 0.946 bits per heavy atom. The molecule has 2 aromatic heterocycles. The van der Waals surface area contributed by atoms with Gasteiger partial charge in [0.25, 0.3) is 0 Å². The van der Waals surface area contributed by atoms with Crippen LogP contribution in [0.3, 0.4) is 0 Å². The first kappa shape index (κ1) is 23.3. The number of aromatic carboxylic acids is 1. The SMILES string of the molecule is Cc1c(-c2cc(C(=O)O)c3c(O[C@H]4CC[C@@H](c5ccccc5)CC4)ccc(C)c3n2)oc2ccccc12. The summed E-state index contributed by atoms with van der Waals surface area (Å²) in [5, 5.41) is 11.8. The first-order valence-electron chi connectivity index (χ1n) is 12.9. The fourth-order valence-electron chi connectivity index (χ4n) is 5.66. The highest BCUT2D eigenvalue weighted by Gasteiger charge is 2.26. The fraction of sp³-hybridized carbons (Fsp3) is 0.250. The molecule has 0 amide bonds. The number of para-hydroxylation sites is 1. The fourth-order valence-corrected chi connectivity index (χ4v) is 5.66. The molecule has 5 nitrogen and oxygen atoms in total. The maximum Gasteiger partial charge on any atom is 0.336 e. The molecular weight excluding hydrogens is 462 g/mol. The lowest BCUT2D eigenvalue weighted by molar-refractivity contribution is 0.0698. The number of ether oxygens (including phenoxy) is 1. The van der Waals surface area contributed by atoms with Crippen molar-refractivity contribution in [1.82, 2.24) is 4.98 Å². The van der Waals surface area contributed by atoms with Crippen LogP contribution < -0.4 is 4.74 Å². The Morgan fingerprint density at radius 2 is 1.68 bits per heavy atom. The van der Waals surface area contributed by atoms with Crippen molar-refractivity contribution in [2.24, 2.45) is 0 Å². The molecule has 2 heterocycles. The number of hydrogen-bond donors (Lipinski definition) is 1. The molecule has 1 N–H and O–H groups in total. The van der Waals surface area contributed by atoms with Crippen molar-refractivity contribution in [3.63, 3.8) is 0 Å². The number of benzene rings is 3. The van der Waals surface area contributed by atoms with Crippen LogP contribution in [0.2, 0.25) is 0 Å². The molecule has 5 aromatic rings. The van der Waals surface area contributed by atoms with Gasteiger partial charge in [-0.1, -0.05) is 54.6 Å². The summed E-state index contributed by atoms with van der Waals surface area (Å²) in [4.78, 5) is 17.4. The molecule has 37 heavy (non-hydrogen) atoms. The molecule has 0 bridgehead atoms. The number of furan rings is 1. The van der Waals surface area contributed by atoms with Gasteiger partial charge in [0, 0.05) is 10.9 Å². The van der Waals surface area contributed by atoms with Gasteiger partial charge in [-0.25, -0.2) is 9.78 Å². The van der Waals surface area contributed by atoms with E-state index in [0.717, 1.165) is 47.8 Å². The normalized spacial score (nSPS) is 17.8. The molecule has 1 aliphatic carbocycles. The third kappa shape index (κ3) is 4.25. The topological polar surface area (TPSA) is 72.6 Å². The van der Waals surface area contributed by atoms with E-state index in [1.54, 1.807) is 6.07 Å². The van der Waals surface area contributed by atoms with Gasteiger partial charge in [0.2, 0.25) is 0 Å². The van der Waals surface area contributed by atoms with E-state index in [1.165, 1.54) is 5.56 Å². The Balaban J connectivity index is 1.36. The molecule has 0 radical (unpaired) electrons. The van der Waals surface area contributed by atoms with Gasteiger partial charge in [-0.05, 0) is 74.8 Å². The van der Waals surface area contributed by atoms with E-state index in [1.807, 2.05) is 50.2 Å². The molecule has 0 spiro atoms. The second-order valence-corrected chi connectivity index (χ2v) is 10.0. The van der Waals surface area contributed by atoms with E-state index in [4.69, 9.17) is 14.1 Å². The van der Waals surface area contributed by atoms with Gasteiger partial charge >= 0.3 is 5.97 Å². The standard InChI is InChI=1S/C32H29NO4/c1-19-12-17-28(36-23-15-13-22(14-16-23)21-8-4-3-5-9-21)29-25(32(34)35)18-26(33-30(19)29)31-20(2)24-10-6-7-11-27(24)37-31/h3-12,17-18,22-23H,13-16H2,1-2H3,(H,34,35)/t22-,23+. The summed E-state index contributed by atoms with van der Waals surface area (Å²) in [6, 6.07) is 23.9. The zero-order valence-corrected chi connectivity index (χ0v) is 21.0. The molecule has 1 fully saturated rings. The lowest BCUT2D eigenvalue weighted by Crippen LogP contribution is -2.23. The molecule has 6 rings (SSSR count). The highest BCUT2D eigenvalue weighted by atomic mass is 16.5. The average molecular weight is 492 g/mol. The van der Waals surface area contributed by atoms with Crippen LogP contribution in [0.1, 0.15) is 58.6 Å². The average Bonchev–Trinajstić information content (AvgIpc) is 3.27. The molecule has 1 saturated carbocycles. The number of aryl methyl sites for hydroxylation is 2. The molecule has 5 heteroatoms. The largest absolute Gasteiger partial charge is 0.490 e. The molecule has 0 atom stereocenters. The van der Waals surface area contributed by atoms with Crippen molar-refractivity contribution in [2.75, 3.05) is 0 Å². The van der Waals surface area contributed by atoms with Crippen LogP contribution >= 0.6 is 0 Å². The Morgan fingerprint density at radius 3 is 2.41 bits per heavy atom. The van der Waals surface area contributed by atoms with Crippen molar-refractivity contribution >= 4 is 27.8 Å². The van der Waals surface area contributed by atoms with E-state index in [2.05, 4.69) is 30.3 Å². The van der Waals surface area contributed by atoms with Crippen LogP contribution in [0.15, 0.2) is 77.2 Å². The van der Waals surface area contributed by atoms with Crippen LogP contribution in [0.5, 0.6) is 5.75 Å². The zero-order valence-electron chi connectivity index (χ0n) is 21.0. The number of carboxylic acid groups (broad SMARTS) is 1. The minimum atomic E-state index is -1.01. The predicted molar refractivity (Wildman–Crippen MR) is 145 cm³/mol. The third-order valence-corrected chi connectivity index (χ3v) is 7.67. The van der Waals surface area contributed by atoms with Gasteiger partial charge in [-0.3, -0.25) is 0 Å². The highest BCUT2D eigenvalue weighted by Crippen LogP contribution is 2.39. The van der Waals surface area contributed by atoms with E-state index < -0.39 is 5.97 Å². The number of nitrogens with zero attached hydrogens (tertiary/aromatic N) is 1. The van der Waals surface area contributed by atoms with Crippen molar-refractivity contribution in [1.29, 1.82) is 0 Å². The van der Waals surface area contributed by atoms with Crippen LogP contribution in [0.4, 0.5) is 0 Å². The zero-order chi connectivity index (χ0) is 25.5. The quantitative estimate of drug-likeness (QED) is 0.269. The Hall–Kier alpha value is -4.12. The van der Waals surface area contributed by atoms with Crippen molar-refractivity contribution in [3.05, 3.63) is 95.1 Å². The number of aromatic nitrogens is 1. The molecule has 186 valence electrons. The summed E-state index contributed by atoms with van der Waals surface area (Å²) in [5.41, 5.74) is 5.30. The van der Waals surface area contributed by atoms with Crippen LogP contribution in [0, 0.1) is 13.8 Å². The molecule has 3 aromatic carbocycles. The number of fused-ring (bicyclic) bond motifs is 2. The smallest absolute Gasteiger partial charge is 0.336 e. The second-order valence-electron chi connectivity index (χ2n) is 10.0. The summed E-state index contributed by atoms with van der Waals surface area (Å²) in [6.45, 7) is 3.93. The van der Waals surface area contributed by atoms with Crippen molar-refractivity contribution in [2.45, 2.75) is 51.6 Å². The lowest BCUT2D eigenvalue weighted by Gasteiger charge is -2.29. The Labute approximate surface area is 215 Å². The Bertz CT molecular complexity index is 1610. The number of rotatable bonds is 5. The van der Waals surface area contributed by atoms with Gasteiger partial charge in [0.15, 0.2) is 5.76 Å². The number of hydrogen-bond acceptors (Lipinski definition) is 4. The summed E-state index contributed by atoms with van der Waals surface area (Å²) >= 11 is 0. The van der Waals surface area contributed by atoms with Crippen molar-refractivity contribution in [3.8, 4) is 17.2 Å². The van der Waals surface area contributed by atoms with Gasteiger partial charge in [-0.2, -0.15) is 0 Å². The lowest BCUT2D eigenvalue weighted by atomic mass is 9.83. The van der Waals surface area contributed by atoms with E-state index in [-0.39, 0.29) is 11.7 Å². The number of pyridine rings is 1. The third-order valence-electron chi connectivity index (χ3n) is 7.67. The minimum absolute atomic E-state index is 0.0461. The van der Waals surface area contributed by atoms with E-state index >= 15 is 0 Å². The summed E-state index contributed by atoms with van der Waals surface area (Å²) in [5.74, 6) is 0.712. The summed E-state index contributed by atoms with van der Waals surface area (Å²) in [6.07, 6.45) is 4.02. The predicted octanol–water partition coefficient (Wildman–Crippen LogP) is 8.07. The highest BCUT2D eigenvalue weighted by molar-refractivity contribution is 6.07. The first-order chi connectivity index (χ1) is 18.0. The summed E-state index contributed by atoms with van der Waals surface area (Å²) < 4.78 is 12.6. The van der Waals surface area contributed by atoms with Gasteiger partial charge in [-0.15, -0.1) is 0 Å². The van der Waals surface area contributed by atoms with Gasteiger partial charge < -0.3 is 14.3 Å². The molecule has 0 unspecified atom stereocenters. The maximum atomic E-state index is 12.5. The monoisotopic (exact) mass is 491 g/mol. The van der Waals surface area contributed by atoms with E-state index in [0.29, 0.717) is 34.0 Å². The maximum absolute atomic E-state index is 12.5. The van der Waals surface area contributed by atoms with Gasteiger partial charge in [0.1, 0.15) is 17.0 Å². The number of carboxylic acids is 1. The minimum Gasteiger partial charge on any atom is -0.490 e. The van der Waals surface area contributed by atoms with E-state index in [9.17, 15) is 9.90 Å². The number of carbonyl (C=O) groups is 1. The van der Waals surface area contributed by atoms with Crippen LogP contribution in [-0.4, -0.2) is 22.2 Å². The van der Waals surface area contributed by atoms with Crippen LogP contribution in [0.25, 0.3) is 33.3 Å². The molecular formula is C32H29NO4. The first-order valence-corrected chi connectivity index (χ1v) is 12.9. The van der Waals surface area contributed by atoms with Crippen LogP contribution in [-0.2, 0) is 0 Å². The molecule has 0 aliphatic heterocycles. The molecule has 0 saturated heterocycles.